The average Bonchev–Trinajstić information content (AvgIpc) is 3.50. The average molecular weight is 497 g/mol. The fourth-order valence-corrected chi connectivity index (χ4v) is 3.73. The van der Waals surface area contributed by atoms with Crippen LogP contribution in [0, 0.1) is 5.92 Å². The Hall–Kier alpha value is -2.63. The largest absolute Gasteiger partial charge is 0.461 e. The van der Waals surface area contributed by atoms with Gasteiger partial charge in [0.05, 0.1) is 24.3 Å². The van der Waals surface area contributed by atoms with Crippen LogP contribution in [0.3, 0.4) is 0 Å². The van der Waals surface area contributed by atoms with Crippen LogP contribution < -0.4 is 10.1 Å². The van der Waals surface area contributed by atoms with Gasteiger partial charge in [0.1, 0.15) is 16.6 Å². The van der Waals surface area contributed by atoms with Gasteiger partial charge in [-0.1, -0.05) is 11.6 Å². The fraction of sp³-hybridized carbons (Fsp3) is 0.550. The van der Waals surface area contributed by atoms with Gasteiger partial charge < -0.3 is 14.8 Å². The molecule has 1 aliphatic carbocycles. The summed E-state index contributed by atoms with van der Waals surface area (Å²) in [5.41, 5.74) is -0.125. The van der Waals surface area contributed by atoms with Crippen molar-refractivity contribution in [2.45, 2.75) is 58.5 Å². The van der Waals surface area contributed by atoms with Gasteiger partial charge in [-0.3, -0.25) is 4.68 Å². The van der Waals surface area contributed by atoms with Gasteiger partial charge in [0.25, 0.3) is 0 Å². The third-order valence-corrected chi connectivity index (χ3v) is 5.33. The van der Waals surface area contributed by atoms with Crippen LogP contribution in [0.2, 0.25) is 5.02 Å². The first kappa shape index (κ1) is 25.0. The van der Waals surface area contributed by atoms with E-state index in [1.807, 2.05) is 0 Å². The number of anilines is 1. The van der Waals surface area contributed by atoms with E-state index in [0.717, 1.165) is 12.3 Å². The van der Waals surface area contributed by atoms with Gasteiger partial charge in [0.2, 0.25) is 0 Å². The summed E-state index contributed by atoms with van der Waals surface area (Å²) in [6.07, 6.45) is -3.07. The smallest absolute Gasteiger partial charge is 0.391 e. The molecule has 33 heavy (non-hydrogen) atoms. The highest BCUT2D eigenvalue weighted by atomic mass is 35.5. The van der Waals surface area contributed by atoms with Crippen LogP contribution in [0.1, 0.15) is 43.6 Å². The molecule has 1 atom stereocenters. The Morgan fingerprint density at radius 3 is 2.58 bits per heavy atom. The van der Waals surface area contributed by atoms with Gasteiger partial charge in [0.15, 0.2) is 5.69 Å². The quantitative estimate of drug-likeness (QED) is 0.344. The van der Waals surface area contributed by atoms with Crippen LogP contribution in [0.25, 0.3) is 11.3 Å². The number of nitrogens with zero attached hydrogens (tertiary/aromatic N) is 3. The second-order valence-corrected chi connectivity index (χ2v) is 7.78. The summed E-state index contributed by atoms with van der Waals surface area (Å²) in [5.74, 6) is -1.41. The number of ether oxygens (including phenoxy) is 2. The first-order valence-corrected chi connectivity index (χ1v) is 10.6. The molecule has 7 nitrogen and oxygen atoms in total. The number of aryl methyl sites for hydroxylation is 1. The third kappa shape index (κ3) is 6.24. The summed E-state index contributed by atoms with van der Waals surface area (Å²) in [4.78, 5) is 16.2. The normalized spacial score (nSPS) is 14.9. The Morgan fingerprint density at radius 1 is 1.33 bits per heavy atom. The van der Waals surface area contributed by atoms with Crippen LogP contribution in [0.15, 0.2) is 12.3 Å². The number of carbonyl (C=O) groups is 1. The van der Waals surface area contributed by atoms with E-state index in [9.17, 15) is 26.7 Å². The van der Waals surface area contributed by atoms with Gasteiger partial charge in [0, 0.05) is 24.8 Å². The molecule has 0 aliphatic heterocycles. The lowest BCUT2D eigenvalue weighted by Gasteiger charge is -2.21. The second-order valence-electron chi connectivity index (χ2n) is 7.40. The Labute approximate surface area is 191 Å². The molecule has 0 radical (unpaired) electrons. The van der Waals surface area contributed by atoms with Gasteiger partial charge in [-0.05, 0) is 32.6 Å². The summed E-state index contributed by atoms with van der Waals surface area (Å²) in [6, 6.07) is 0.142. The molecule has 2 aromatic rings. The van der Waals surface area contributed by atoms with E-state index in [4.69, 9.17) is 16.3 Å². The molecular weight excluding hydrogens is 475 g/mol. The standard InChI is InChI=1S/C20H22ClF5N4O3/c1-3-30-17(15(21)16(29-30)18(31)32-4-2)11-9-27-14(7-13(11)33-19(22)23)28-12(10-5-6-10)8-20(24,25)26/h7,9-10,12,19H,3-6,8H2,1-2H3,(H,27,28). The highest BCUT2D eigenvalue weighted by Crippen LogP contribution is 2.41. The zero-order valence-corrected chi connectivity index (χ0v) is 18.5. The van der Waals surface area contributed by atoms with Crippen LogP contribution in [-0.4, -0.2) is 46.2 Å². The molecule has 0 bridgehead atoms. The van der Waals surface area contributed by atoms with Gasteiger partial charge >= 0.3 is 18.8 Å². The molecule has 0 amide bonds. The molecule has 1 aliphatic rings. The highest BCUT2D eigenvalue weighted by molar-refractivity contribution is 6.36. The van der Waals surface area contributed by atoms with Crippen molar-refractivity contribution in [1.29, 1.82) is 0 Å². The minimum atomic E-state index is -4.40. The summed E-state index contributed by atoms with van der Waals surface area (Å²) in [6.45, 7) is 0.357. The molecule has 0 aromatic carbocycles. The van der Waals surface area contributed by atoms with Crippen molar-refractivity contribution in [2.75, 3.05) is 11.9 Å². The van der Waals surface area contributed by atoms with E-state index >= 15 is 0 Å². The maximum absolute atomic E-state index is 13.1. The predicted octanol–water partition coefficient (Wildman–Crippen LogP) is 5.54. The number of esters is 1. The molecule has 3 rings (SSSR count). The lowest BCUT2D eigenvalue weighted by atomic mass is 10.1. The maximum Gasteiger partial charge on any atom is 0.391 e. The zero-order valence-electron chi connectivity index (χ0n) is 17.8. The number of aromatic nitrogens is 3. The molecule has 2 aromatic heterocycles. The molecule has 1 N–H and O–H groups in total. The molecule has 0 spiro atoms. The SMILES string of the molecule is CCOC(=O)c1nn(CC)c(-c2cnc(NC(CC(F)(F)F)C3CC3)cc2OC(F)F)c1Cl. The third-order valence-electron chi connectivity index (χ3n) is 4.98. The number of rotatable bonds is 10. The second kappa shape index (κ2) is 10.1. The molecule has 1 unspecified atom stereocenters. The van der Waals surface area contributed by atoms with Crippen molar-refractivity contribution < 1.29 is 36.2 Å². The predicted molar refractivity (Wildman–Crippen MR) is 110 cm³/mol. The number of pyridine rings is 1. The van der Waals surface area contributed by atoms with Crippen molar-refractivity contribution in [2.24, 2.45) is 5.92 Å². The maximum atomic E-state index is 13.1. The van der Waals surface area contributed by atoms with E-state index in [1.54, 1.807) is 13.8 Å². The molecule has 13 heteroatoms. The monoisotopic (exact) mass is 496 g/mol. The van der Waals surface area contributed by atoms with E-state index in [0.29, 0.717) is 12.8 Å². The van der Waals surface area contributed by atoms with E-state index in [-0.39, 0.29) is 52.6 Å². The van der Waals surface area contributed by atoms with E-state index in [2.05, 4.69) is 20.1 Å². The van der Waals surface area contributed by atoms with Crippen LogP contribution in [-0.2, 0) is 11.3 Å². The number of hydrogen-bond acceptors (Lipinski definition) is 6. The number of halogens is 6. The Bertz CT molecular complexity index is 995. The summed E-state index contributed by atoms with van der Waals surface area (Å²) < 4.78 is 75.9. The van der Waals surface area contributed by atoms with E-state index in [1.165, 1.54) is 4.68 Å². The molecule has 1 fully saturated rings. The lowest BCUT2D eigenvalue weighted by Crippen LogP contribution is -2.29. The number of hydrogen-bond donors (Lipinski definition) is 1. The number of carbonyl (C=O) groups excluding carboxylic acids is 1. The van der Waals surface area contributed by atoms with Crippen LogP contribution in [0.5, 0.6) is 5.75 Å². The van der Waals surface area contributed by atoms with Gasteiger partial charge in [-0.2, -0.15) is 27.1 Å². The zero-order chi connectivity index (χ0) is 24.3. The van der Waals surface area contributed by atoms with Gasteiger partial charge in [-0.15, -0.1) is 0 Å². The lowest BCUT2D eigenvalue weighted by molar-refractivity contribution is -0.138. The van der Waals surface area contributed by atoms with E-state index < -0.39 is 31.2 Å². The Morgan fingerprint density at radius 2 is 2.03 bits per heavy atom. The van der Waals surface area contributed by atoms with Crippen molar-refractivity contribution >= 4 is 23.4 Å². The molecule has 0 saturated heterocycles. The minimum Gasteiger partial charge on any atom is -0.461 e. The summed E-state index contributed by atoms with van der Waals surface area (Å²) >= 11 is 6.33. The first-order valence-electron chi connectivity index (χ1n) is 10.3. The van der Waals surface area contributed by atoms with Crippen molar-refractivity contribution in [3.8, 4) is 17.0 Å². The highest BCUT2D eigenvalue weighted by Gasteiger charge is 2.40. The van der Waals surface area contributed by atoms with Crippen LogP contribution in [0.4, 0.5) is 27.8 Å². The minimum absolute atomic E-state index is 0.00505. The van der Waals surface area contributed by atoms with Crippen LogP contribution >= 0.6 is 11.6 Å². The van der Waals surface area contributed by atoms with Crippen molar-refractivity contribution in [1.82, 2.24) is 14.8 Å². The first-order chi connectivity index (χ1) is 15.5. The summed E-state index contributed by atoms with van der Waals surface area (Å²) in [7, 11) is 0. The van der Waals surface area contributed by atoms with Crippen molar-refractivity contribution in [3.63, 3.8) is 0 Å². The van der Waals surface area contributed by atoms with Gasteiger partial charge in [-0.25, -0.2) is 9.78 Å². The van der Waals surface area contributed by atoms with Crippen molar-refractivity contribution in [3.05, 3.63) is 23.0 Å². The molecule has 182 valence electrons. The molecule has 1 saturated carbocycles. The fourth-order valence-electron chi connectivity index (χ4n) is 3.42. The number of alkyl halides is 5. The topological polar surface area (TPSA) is 78.3 Å². The molecular formula is C20H22ClF5N4O3. The number of nitrogens with one attached hydrogen (secondary N) is 1. The molecule has 2 heterocycles. The Balaban J connectivity index is 2.00. The Kier molecular flexibility index (Phi) is 7.65. The summed E-state index contributed by atoms with van der Waals surface area (Å²) in [5, 5.41) is 6.62.